The fraction of sp³-hybridized carbons (Fsp3) is 0.571. The van der Waals surface area contributed by atoms with E-state index in [1.54, 1.807) is 0 Å². The number of hydrogen-bond acceptors (Lipinski definition) is 4. The molecule has 0 amide bonds. The molecule has 5 nitrogen and oxygen atoms in total. The van der Waals surface area contributed by atoms with Crippen molar-refractivity contribution in [3.8, 4) is 0 Å². The predicted octanol–water partition coefficient (Wildman–Crippen LogP) is 1.80. The second-order valence-electron chi connectivity index (χ2n) is 5.68. The molecular formula is C14H20N4O. The first-order valence-corrected chi connectivity index (χ1v) is 6.95. The van der Waals surface area contributed by atoms with Gasteiger partial charge >= 0.3 is 0 Å². The van der Waals surface area contributed by atoms with E-state index < -0.39 is 0 Å². The maximum atomic E-state index is 8.63. The molecule has 0 aliphatic heterocycles. The van der Waals surface area contributed by atoms with Crippen LogP contribution in [-0.2, 0) is 0 Å². The third-order valence-corrected chi connectivity index (χ3v) is 3.83. The molecule has 0 saturated heterocycles. The second-order valence-corrected chi connectivity index (χ2v) is 5.68. The number of oxime groups is 1. The number of rotatable bonds is 6. The molecule has 0 atom stereocenters. The summed E-state index contributed by atoms with van der Waals surface area (Å²) in [7, 11) is 0. The van der Waals surface area contributed by atoms with Crippen molar-refractivity contribution in [3.63, 3.8) is 0 Å². The Balaban J connectivity index is 1.72. The Morgan fingerprint density at radius 2 is 1.89 bits per heavy atom. The molecule has 0 bridgehead atoms. The van der Waals surface area contributed by atoms with Crippen molar-refractivity contribution in [3.05, 3.63) is 24.0 Å². The highest BCUT2D eigenvalue weighted by Gasteiger charge is 2.29. The lowest BCUT2D eigenvalue weighted by atomic mass is 10.2. The number of amidine groups is 1. The number of nitrogens with two attached hydrogens (primary N) is 1. The molecule has 0 aromatic carbocycles. The van der Waals surface area contributed by atoms with Crippen LogP contribution in [0.3, 0.4) is 0 Å². The highest BCUT2D eigenvalue weighted by molar-refractivity contribution is 5.95. The van der Waals surface area contributed by atoms with Crippen LogP contribution in [0.2, 0.25) is 0 Å². The van der Waals surface area contributed by atoms with Crippen molar-refractivity contribution in [2.75, 3.05) is 18.0 Å². The molecule has 5 heteroatoms. The number of hydrogen-bond donors (Lipinski definition) is 2. The summed E-state index contributed by atoms with van der Waals surface area (Å²) in [6, 6.07) is 3.84. The third-order valence-electron chi connectivity index (χ3n) is 3.83. The van der Waals surface area contributed by atoms with Gasteiger partial charge in [-0.25, -0.2) is 0 Å². The summed E-state index contributed by atoms with van der Waals surface area (Å²) in [6.45, 7) is 2.28. The monoisotopic (exact) mass is 260 g/mol. The van der Waals surface area contributed by atoms with Crippen molar-refractivity contribution in [2.45, 2.75) is 25.7 Å². The van der Waals surface area contributed by atoms with E-state index in [2.05, 4.69) is 15.0 Å². The van der Waals surface area contributed by atoms with Gasteiger partial charge in [0.05, 0.1) is 11.9 Å². The van der Waals surface area contributed by atoms with Gasteiger partial charge in [0, 0.05) is 13.1 Å². The fourth-order valence-electron chi connectivity index (χ4n) is 2.29. The van der Waals surface area contributed by atoms with E-state index in [1.807, 2.05) is 18.3 Å². The Bertz CT molecular complexity index is 449. The molecule has 1 heterocycles. The first-order valence-electron chi connectivity index (χ1n) is 6.95. The van der Waals surface area contributed by atoms with Gasteiger partial charge in [-0.15, -0.1) is 0 Å². The topological polar surface area (TPSA) is 74.7 Å². The molecule has 102 valence electrons. The van der Waals surface area contributed by atoms with Crippen molar-refractivity contribution < 1.29 is 5.21 Å². The maximum Gasteiger partial charge on any atom is 0.188 e. The van der Waals surface area contributed by atoms with Crippen molar-refractivity contribution >= 4 is 11.5 Å². The summed E-state index contributed by atoms with van der Waals surface area (Å²) in [5.41, 5.74) is 7.19. The minimum atomic E-state index is 0.0579. The first kappa shape index (κ1) is 12.3. The minimum Gasteiger partial charge on any atom is -0.409 e. The van der Waals surface area contributed by atoms with E-state index in [4.69, 9.17) is 10.9 Å². The summed E-state index contributed by atoms with van der Waals surface area (Å²) in [4.78, 5) is 6.71. The molecule has 3 N–H and O–H groups in total. The van der Waals surface area contributed by atoms with Crippen LogP contribution < -0.4 is 10.6 Å². The summed E-state index contributed by atoms with van der Waals surface area (Å²) in [5, 5.41) is 11.6. The highest BCUT2D eigenvalue weighted by atomic mass is 16.4. The van der Waals surface area contributed by atoms with Crippen molar-refractivity contribution in [1.29, 1.82) is 0 Å². The molecule has 3 rings (SSSR count). The van der Waals surface area contributed by atoms with Crippen LogP contribution in [0.5, 0.6) is 0 Å². The molecular weight excluding hydrogens is 240 g/mol. The normalized spacial score (nSPS) is 19.5. The average molecular weight is 260 g/mol. The number of aromatic nitrogens is 1. The smallest absolute Gasteiger partial charge is 0.188 e. The van der Waals surface area contributed by atoms with Crippen molar-refractivity contribution in [1.82, 2.24) is 4.98 Å². The van der Waals surface area contributed by atoms with Gasteiger partial charge in [0.15, 0.2) is 5.84 Å². The van der Waals surface area contributed by atoms with Gasteiger partial charge in [0.25, 0.3) is 0 Å². The zero-order valence-corrected chi connectivity index (χ0v) is 11.0. The lowest BCUT2D eigenvalue weighted by molar-refractivity contribution is 0.318. The highest BCUT2D eigenvalue weighted by Crippen LogP contribution is 2.35. The zero-order chi connectivity index (χ0) is 13.2. The fourth-order valence-corrected chi connectivity index (χ4v) is 2.29. The van der Waals surface area contributed by atoms with Crippen LogP contribution in [0.25, 0.3) is 0 Å². The molecule has 2 aliphatic carbocycles. The van der Waals surface area contributed by atoms with E-state index >= 15 is 0 Å². The average Bonchev–Trinajstić information content (AvgIpc) is 3.32. The minimum absolute atomic E-state index is 0.0579. The standard InChI is InChI=1S/C14H20N4O/c15-14(17-19)13-6-5-12(7-16-13)18(8-10-1-2-10)9-11-3-4-11/h5-7,10-11,19H,1-4,8-9H2,(H2,15,17). The SMILES string of the molecule is N/C(=N/O)c1ccc(N(CC2CC2)CC2CC2)cn1. The summed E-state index contributed by atoms with van der Waals surface area (Å²) in [6.07, 6.45) is 7.26. The molecule has 2 fully saturated rings. The second kappa shape index (κ2) is 5.07. The molecule has 2 saturated carbocycles. The Kier molecular flexibility index (Phi) is 3.27. The molecule has 0 radical (unpaired) electrons. The third kappa shape index (κ3) is 3.16. The van der Waals surface area contributed by atoms with E-state index in [0.29, 0.717) is 5.69 Å². The molecule has 1 aromatic rings. The lowest BCUT2D eigenvalue weighted by Gasteiger charge is -2.24. The van der Waals surface area contributed by atoms with Crippen LogP contribution in [0.1, 0.15) is 31.4 Å². The van der Waals surface area contributed by atoms with Gasteiger partial charge in [-0.2, -0.15) is 0 Å². The quantitative estimate of drug-likeness (QED) is 0.354. The predicted molar refractivity (Wildman–Crippen MR) is 74.4 cm³/mol. The van der Waals surface area contributed by atoms with E-state index in [0.717, 1.165) is 30.6 Å². The Morgan fingerprint density at radius 3 is 2.32 bits per heavy atom. The summed E-state index contributed by atoms with van der Waals surface area (Å²) < 4.78 is 0. The van der Waals surface area contributed by atoms with Gasteiger partial charge in [-0.3, -0.25) is 4.98 Å². The number of anilines is 1. The van der Waals surface area contributed by atoms with Crippen LogP contribution in [-0.4, -0.2) is 29.1 Å². The molecule has 0 spiro atoms. The maximum absolute atomic E-state index is 8.63. The Morgan fingerprint density at radius 1 is 1.26 bits per heavy atom. The largest absolute Gasteiger partial charge is 0.409 e. The van der Waals surface area contributed by atoms with Gasteiger partial charge < -0.3 is 15.8 Å². The van der Waals surface area contributed by atoms with Crippen LogP contribution >= 0.6 is 0 Å². The number of nitrogens with zero attached hydrogens (tertiary/aromatic N) is 3. The van der Waals surface area contributed by atoms with E-state index in [-0.39, 0.29) is 5.84 Å². The molecule has 2 aliphatic rings. The molecule has 0 unspecified atom stereocenters. The van der Waals surface area contributed by atoms with Gasteiger partial charge in [-0.05, 0) is 49.7 Å². The first-order chi connectivity index (χ1) is 9.26. The zero-order valence-electron chi connectivity index (χ0n) is 11.0. The van der Waals surface area contributed by atoms with Crippen LogP contribution in [0, 0.1) is 11.8 Å². The Labute approximate surface area is 113 Å². The number of pyridine rings is 1. The van der Waals surface area contributed by atoms with Crippen molar-refractivity contribution in [2.24, 2.45) is 22.7 Å². The van der Waals surface area contributed by atoms with Crippen LogP contribution in [0.4, 0.5) is 5.69 Å². The molecule has 19 heavy (non-hydrogen) atoms. The van der Waals surface area contributed by atoms with Crippen LogP contribution in [0.15, 0.2) is 23.5 Å². The summed E-state index contributed by atoms with van der Waals surface area (Å²) in [5.74, 6) is 1.78. The summed E-state index contributed by atoms with van der Waals surface area (Å²) >= 11 is 0. The lowest BCUT2D eigenvalue weighted by Crippen LogP contribution is -2.28. The van der Waals surface area contributed by atoms with E-state index in [1.165, 1.54) is 25.7 Å². The van der Waals surface area contributed by atoms with Gasteiger partial charge in [0.2, 0.25) is 0 Å². The molecule has 1 aromatic heterocycles. The van der Waals surface area contributed by atoms with Gasteiger partial charge in [0.1, 0.15) is 5.69 Å². The Hall–Kier alpha value is -1.78. The van der Waals surface area contributed by atoms with E-state index in [9.17, 15) is 0 Å². The van der Waals surface area contributed by atoms with Gasteiger partial charge in [-0.1, -0.05) is 5.16 Å².